The lowest BCUT2D eigenvalue weighted by atomic mass is 9.94. The first-order valence-electron chi connectivity index (χ1n) is 10.1. The van der Waals surface area contributed by atoms with Crippen molar-refractivity contribution in [2.45, 2.75) is 20.8 Å². The third-order valence-corrected chi connectivity index (χ3v) is 5.87. The molecule has 0 unspecified atom stereocenters. The zero-order valence-corrected chi connectivity index (χ0v) is 19.7. The van der Waals surface area contributed by atoms with Gasteiger partial charge in [0, 0.05) is 21.0 Å². The van der Waals surface area contributed by atoms with E-state index in [2.05, 4.69) is 11.4 Å². The van der Waals surface area contributed by atoms with Crippen LogP contribution in [0.1, 0.15) is 27.0 Å². The Morgan fingerprint density at radius 1 is 0.969 bits per heavy atom. The first-order chi connectivity index (χ1) is 15.3. The molecule has 0 radical (unpaired) electrons. The maximum Gasteiger partial charge on any atom is 0.256 e. The number of carbonyl (C=O) groups excluding carboxylic acids is 1. The van der Waals surface area contributed by atoms with Crippen molar-refractivity contribution in [1.29, 1.82) is 0 Å². The van der Waals surface area contributed by atoms with Crippen LogP contribution in [0.3, 0.4) is 0 Å². The number of halogens is 2. The molecular weight excluding hydrogens is 443 g/mol. The van der Waals surface area contributed by atoms with Gasteiger partial charge >= 0.3 is 0 Å². The summed E-state index contributed by atoms with van der Waals surface area (Å²) in [4.78, 5) is 18.6. The van der Waals surface area contributed by atoms with Crippen molar-refractivity contribution in [3.05, 3.63) is 86.9 Å². The monoisotopic (exact) mass is 464 g/mol. The third-order valence-electron chi connectivity index (χ3n) is 5.40. The average Bonchev–Trinajstić information content (AvgIpc) is 2.73. The summed E-state index contributed by atoms with van der Waals surface area (Å²) in [6.45, 7) is 5.92. The summed E-state index contributed by atoms with van der Waals surface area (Å²) in [5.41, 5.74) is 6.23. The smallest absolute Gasteiger partial charge is 0.256 e. The van der Waals surface area contributed by atoms with Gasteiger partial charge in [-0.05, 0) is 68.3 Å². The normalized spacial score (nSPS) is 10.9. The van der Waals surface area contributed by atoms with Crippen molar-refractivity contribution in [3.8, 4) is 17.0 Å². The van der Waals surface area contributed by atoms with Gasteiger partial charge in [-0.1, -0.05) is 47.0 Å². The van der Waals surface area contributed by atoms with Gasteiger partial charge in [0.25, 0.3) is 5.91 Å². The third kappa shape index (κ3) is 4.16. The van der Waals surface area contributed by atoms with Crippen LogP contribution in [-0.2, 0) is 0 Å². The number of benzene rings is 3. The van der Waals surface area contributed by atoms with Gasteiger partial charge in [-0.2, -0.15) is 0 Å². The summed E-state index contributed by atoms with van der Waals surface area (Å²) in [7, 11) is 1.55. The molecule has 0 fully saturated rings. The molecule has 0 saturated carbocycles. The van der Waals surface area contributed by atoms with E-state index >= 15 is 0 Å². The number of fused-ring (bicyclic) bond motifs is 1. The number of amides is 1. The minimum atomic E-state index is -0.260. The second-order valence-electron chi connectivity index (χ2n) is 7.75. The van der Waals surface area contributed by atoms with Crippen molar-refractivity contribution in [2.75, 3.05) is 12.4 Å². The molecule has 3 aromatic carbocycles. The average molecular weight is 465 g/mol. The number of nitrogens with one attached hydrogen (secondary N) is 1. The van der Waals surface area contributed by atoms with Crippen LogP contribution in [0.25, 0.3) is 22.2 Å². The number of aryl methyl sites for hydroxylation is 2. The summed E-state index contributed by atoms with van der Waals surface area (Å²) < 4.78 is 5.40. The lowest BCUT2D eigenvalue weighted by Gasteiger charge is -2.17. The van der Waals surface area contributed by atoms with Gasteiger partial charge in [-0.15, -0.1) is 0 Å². The molecule has 4 aromatic rings. The van der Waals surface area contributed by atoms with Crippen LogP contribution < -0.4 is 10.1 Å². The molecule has 4 rings (SSSR count). The number of hydrogen-bond donors (Lipinski definition) is 1. The van der Waals surface area contributed by atoms with Gasteiger partial charge < -0.3 is 10.1 Å². The fraction of sp³-hybridized carbons (Fsp3) is 0.154. The largest absolute Gasteiger partial charge is 0.495 e. The first-order valence-corrected chi connectivity index (χ1v) is 10.9. The SMILES string of the molecule is COc1ccc(Cl)cc1NC(=O)c1c(C)c(-c2cccc(Cl)c2)nc2c(C)cc(C)cc12. The Hall–Kier alpha value is -3.08. The predicted octanol–water partition coefficient (Wildman–Crippen LogP) is 7.39. The summed E-state index contributed by atoms with van der Waals surface area (Å²) in [6, 6.07) is 16.7. The Kier molecular flexibility index (Phi) is 6.09. The van der Waals surface area contributed by atoms with Gasteiger partial charge in [0.1, 0.15) is 5.75 Å². The molecule has 1 aromatic heterocycles. The Bertz CT molecular complexity index is 1370. The molecule has 0 aliphatic carbocycles. The number of nitrogens with zero attached hydrogens (tertiary/aromatic N) is 1. The van der Waals surface area contributed by atoms with Crippen molar-refractivity contribution < 1.29 is 9.53 Å². The van der Waals surface area contributed by atoms with Crippen molar-refractivity contribution in [3.63, 3.8) is 0 Å². The highest BCUT2D eigenvalue weighted by Gasteiger charge is 2.21. The number of methoxy groups -OCH3 is 1. The van der Waals surface area contributed by atoms with E-state index in [9.17, 15) is 4.79 Å². The zero-order chi connectivity index (χ0) is 23.0. The van der Waals surface area contributed by atoms with E-state index in [0.717, 1.165) is 38.9 Å². The topological polar surface area (TPSA) is 51.2 Å². The summed E-state index contributed by atoms with van der Waals surface area (Å²) in [5.74, 6) is 0.268. The van der Waals surface area contributed by atoms with E-state index in [4.69, 9.17) is 32.9 Å². The second-order valence-corrected chi connectivity index (χ2v) is 8.62. The van der Waals surface area contributed by atoms with E-state index in [0.29, 0.717) is 27.0 Å². The van der Waals surface area contributed by atoms with Gasteiger partial charge in [-0.25, -0.2) is 4.98 Å². The summed E-state index contributed by atoms with van der Waals surface area (Å²) in [5, 5.41) is 4.89. The Morgan fingerprint density at radius 3 is 2.44 bits per heavy atom. The molecule has 0 spiro atoms. The highest BCUT2D eigenvalue weighted by Crippen LogP contribution is 2.34. The van der Waals surface area contributed by atoms with E-state index in [-0.39, 0.29) is 5.91 Å². The van der Waals surface area contributed by atoms with Crippen LogP contribution in [-0.4, -0.2) is 18.0 Å². The van der Waals surface area contributed by atoms with Gasteiger partial charge in [0.2, 0.25) is 0 Å². The van der Waals surface area contributed by atoms with E-state index in [1.165, 1.54) is 0 Å². The number of hydrogen-bond acceptors (Lipinski definition) is 3. The van der Waals surface area contributed by atoms with Crippen LogP contribution >= 0.6 is 23.2 Å². The van der Waals surface area contributed by atoms with E-state index in [1.54, 1.807) is 25.3 Å². The van der Waals surface area contributed by atoms with Crippen molar-refractivity contribution in [1.82, 2.24) is 4.98 Å². The highest BCUT2D eigenvalue weighted by molar-refractivity contribution is 6.31. The lowest BCUT2D eigenvalue weighted by molar-refractivity contribution is 0.102. The van der Waals surface area contributed by atoms with Crippen molar-refractivity contribution in [2.24, 2.45) is 0 Å². The minimum absolute atomic E-state index is 0.260. The molecule has 32 heavy (non-hydrogen) atoms. The van der Waals surface area contributed by atoms with Gasteiger partial charge in [0.05, 0.1) is 29.6 Å². The maximum atomic E-state index is 13.6. The Morgan fingerprint density at radius 2 is 1.72 bits per heavy atom. The molecule has 1 amide bonds. The van der Waals surface area contributed by atoms with Crippen LogP contribution in [0.5, 0.6) is 5.75 Å². The number of rotatable bonds is 4. The lowest BCUT2D eigenvalue weighted by Crippen LogP contribution is -2.16. The number of ether oxygens (including phenoxy) is 1. The fourth-order valence-electron chi connectivity index (χ4n) is 3.99. The molecule has 0 aliphatic rings. The predicted molar refractivity (Wildman–Crippen MR) is 132 cm³/mol. The summed E-state index contributed by atoms with van der Waals surface area (Å²) >= 11 is 12.4. The van der Waals surface area contributed by atoms with Crippen LogP contribution in [0.4, 0.5) is 5.69 Å². The Labute approximate surface area is 197 Å². The standard InChI is InChI=1S/C26H22Cl2N2O2/c1-14-10-15(2)24-20(11-14)23(16(3)25(30-24)17-6-5-7-18(27)12-17)26(31)29-21-13-19(28)8-9-22(21)32-4/h5-13H,1-4H3,(H,29,31). The molecule has 0 atom stereocenters. The molecule has 4 nitrogen and oxygen atoms in total. The molecular formula is C26H22Cl2N2O2. The van der Waals surface area contributed by atoms with Gasteiger partial charge in [0.15, 0.2) is 0 Å². The van der Waals surface area contributed by atoms with Crippen molar-refractivity contribution >= 4 is 45.7 Å². The van der Waals surface area contributed by atoms with Crippen LogP contribution in [0.2, 0.25) is 10.0 Å². The quantitative estimate of drug-likeness (QED) is 0.342. The molecule has 162 valence electrons. The van der Waals surface area contributed by atoms with Crippen LogP contribution in [0.15, 0.2) is 54.6 Å². The first kappa shape index (κ1) is 22.1. The fourth-order valence-corrected chi connectivity index (χ4v) is 4.35. The number of pyridine rings is 1. The molecule has 1 heterocycles. The maximum absolute atomic E-state index is 13.6. The van der Waals surface area contributed by atoms with E-state index in [1.807, 2.05) is 51.1 Å². The van der Waals surface area contributed by atoms with Crippen LogP contribution in [0, 0.1) is 20.8 Å². The van der Waals surface area contributed by atoms with Gasteiger partial charge in [-0.3, -0.25) is 4.79 Å². The molecule has 0 aliphatic heterocycles. The molecule has 0 saturated heterocycles. The van der Waals surface area contributed by atoms with E-state index < -0.39 is 0 Å². The zero-order valence-electron chi connectivity index (χ0n) is 18.2. The summed E-state index contributed by atoms with van der Waals surface area (Å²) in [6.07, 6.45) is 0. The number of aromatic nitrogens is 1. The Balaban J connectivity index is 1.96. The number of anilines is 1. The molecule has 0 bridgehead atoms. The molecule has 6 heteroatoms. The highest BCUT2D eigenvalue weighted by atomic mass is 35.5. The minimum Gasteiger partial charge on any atom is -0.495 e. The second kappa shape index (κ2) is 8.81. The number of carbonyl (C=O) groups is 1. The molecule has 1 N–H and O–H groups in total.